The van der Waals surface area contributed by atoms with Crippen molar-refractivity contribution in [1.82, 2.24) is 10.3 Å². The zero-order chi connectivity index (χ0) is 24.5. The fourth-order valence-corrected chi connectivity index (χ4v) is 4.75. The number of rotatable bonds is 6. The van der Waals surface area contributed by atoms with Gasteiger partial charge in [0.1, 0.15) is 18.8 Å². The van der Waals surface area contributed by atoms with E-state index >= 15 is 0 Å². The van der Waals surface area contributed by atoms with E-state index in [4.69, 9.17) is 4.74 Å². The van der Waals surface area contributed by atoms with Crippen molar-refractivity contribution >= 4 is 17.0 Å². The number of benzene rings is 3. The second-order valence-corrected chi connectivity index (χ2v) is 8.84. The van der Waals surface area contributed by atoms with E-state index in [0.717, 1.165) is 27.9 Å². The molecule has 1 heterocycles. The van der Waals surface area contributed by atoms with Crippen molar-refractivity contribution in [2.24, 2.45) is 0 Å². The van der Waals surface area contributed by atoms with Crippen molar-refractivity contribution in [3.8, 4) is 11.1 Å². The Hall–Kier alpha value is -3.94. The number of ether oxygens (including phenoxy) is 1. The van der Waals surface area contributed by atoms with Crippen LogP contribution in [-0.2, 0) is 4.74 Å². The average molecular weight is 471 g/mol. The number of fused-ring (bicyclic) bond motifs is 4. The smallest absolute Gasteiger partial charge is 0.407 e. The van der Waals surface area contributed by atoms with Gasteiger partial charge in [-0.1, -0.05) is 54.6 Å². The average Bonchev–Trinajstić information content (AvgIpc) is 3.19. The van der Waals surface area contributed by atoms with Crippen LogP contribution >= 0.6 is 0 Å². The van der Waals surface area contributed by atoms with Gasteiger partial charge in [-0.25, -0.2) is 4.79 Å². The number of hydrogen-bond donors (Lipinski definition) is 4. The number of carbonyl (C=O) groups is 1. The molecular formula is C28H26N2O5. The normalized spacial score (nSPS) is 14.3. The highest BCUT2D eigenvalue weighted by Crippen LogP contribution is 2.44. The molecule has 1 aromatic heterocycles. The second-order valence-electron chi connectivity index (χ2n) is 8.84. The van der Waals surface area contributed by atoms with Crippen LogP contribution in [0.5, 0.6) is 0 Å². The predicted molar refractivity (Wildman–Crippen MR) is 133 cm³/mol. The van der Waals surface area contributed by atoms with Gasteiger partial charge in [-0.05, 0) is 46.9 Å². The molecule has 0 spiro atoms. The van der Waals surface area contributed by atoms with Crippen LogP contribution in [0.2, 0.25) is 0 Å². The summed E-state index contributed by atoms with van der Waals surface area (Å²) in [7, 11) is 0. The zero-order valence-electron chi connectivity index (χ0n) is 19.2. The number of H-pyrrole nitrogens is 1. The Morgan fingerprint density at radius 3 is 2.34 bits per heavy atom. The number of amides is 1. The van der Waals surface area contributed by atoms with Crippen LogP contribution < -0.4 is 10.7 Å². The van der Waals surface area contributed by atoms with Crippen molar-refractivity contribution < 1.29 is 19.7 Å². The molecule has 0 saturated heterocycles. The summed E-state index contributed by atoms with van der Waals surface area (Å²) in [5.41, 5.74) is 6.10. The minimum absolute atomic E-state index is 0.0667. The van der Waals surface area contributed by atoms with Crippen molar-refractivity contribution in [2.75, 3.05) is 13.2 Å². The number of aliphatic hydroxyl groups is 2. The lowest BCUT2D eigenvalue weighted by atomic mass is 9.98. The molecule has 7 nitrogen and oxygen atoms in total. The molecule has 7 heteroatoms. The Morgan fingerprint density at radius 1 is 1.00 bits per heavy atom. The highest BCUT2D eigenvalue weighted by atomic mass is 16.5. The van der Waals surface area contributed by atoms with Crippen LogP contribution in [0.25, 0.3) is 22.0 Å². The van der Waals surface area contributed by atoms with E-state index in [1.54, 1.807) is 25.1 Å². The molecule has 4 N–H and O–H groups in total. The first kappa shape index (κ1) is 22.8. The summed E-state index contributed by atoms with van der Waals surface area (Å²) in [6, 6.07) is 22.5. The third-order valence-corrected chi connectivity index (χ3v) is 6.49. The van der Waals surface area contributed by atoms with Gasteiger partial charge in [0, 0.05) is 35.1 Å². The van der Waals surface area contributed by atoms with Gasteiger partial charge in [-0.3, -0.25) is 4.79 Å². The lowest BCUT2D eigenvalue weighted by Crippen LogP contribution is -2.36. The molecule has 5 rings (SSSR count). The molecule has 0 aliphatic heterocycles. The first-order valence-corrected chi connectivity index (χ1v) is 11.5. The summed E-state index contributed by atoms with van der Waals surface area (Å²) in [4.78, 5) is 27.7. The zero-order valence-corrected chi connectivity index (χ0v) is 19.2. The number of pyridine rings is 1. The Balaban J connectivity index is 1.20. The van der Waals surface area contributed by atoms with Crippen LogP contribution in [0.15, 0.2) is 77.6 Å². The van der Waals surface area contributed by atoms with Crippen molar-refractivity contribution in [3.05, 3.63) is 105 Å². The van der Waals surface area contributed by atoms with E-state index in [-0.39, 0.29) is 24.5 Å². The Labute approximate surface area is 202 Å². The Morgan fingerprint density at radius 2 is 1.66 bits per heavy atom. The van der Waals surface area contributed by atoms with Gasteiger partial charge in [0.25, 0.3) is 0 Å². The monoisotopic (exact) mass is 470 g/mol. The molecule has 0 bridgehead atoms. The molecule has 1 aliphatic rings. The molecule has 2 unspecified atom stereocenters. The molecule has 4 aromatic rings. The van der Waals surface area contributed by atoms with Crippen LogP contribution in [0.4, 0.5) is 4.79 Å². The quantitative estimate of drug-likeness (QED) is 0.343. The summed E-state index contributed by atoms with van der Waals surface area (Å²) in [6.45, 7) is 1.74. The first-order chi connectivity index (χ1) is 16.9. The number of alkyl carbamates (subject to hydrolysis) is 1. The number of carbonyl (C=O) groups excluding carboxylic acids is 1. The van der Waals surface area contributed by atoms with Gasteiger partial charge in [0.05, 0.1) is 0 Å². The van der Waals surface area contributed by atoms with E-state index in [1.165, 1.54) is 6.07 Å². The highest BCUT2D eigenvalue weighted by Gasteiger charge is 2.29. The van der Waals surface area contributed by atoms with Crippen LogP contribution in [0.3, 0.4) is 0 Å². The third kappa shape index (κ3) is 4.43. The number of aryl methyl sites for hydroxylation is 1. The van der Waals surface area contributed by atoms with Crippen molar-refractivity contribution in [2.45, 2.75) is 25.0 Å². The van der Waals surface area contributed by atoms with Crippen LogP contribution in [-0.4, -0.2) is 40.5 Å². The standard InChI is InChI=1S/C28H26N2O5/c1-16-12-25(31)22-13-17(10-11-24(22)30-16)27(33)26(32)14-29-28(34)35-15-23-20-8-4-2-6-18(20)19-7-3-5-9-21(19)23/h2-13,23,26-27,32-33H,14-15H2,1H3,(H,29,34)(H,30,31). The lowest BCUT2D eigenvalue weighted by Gasteiger charge is -2.20. The van der Waals surface area contributed by atoms with Gasteiger partial charge >= 0.3 is 6.09 Å². The van der Waals surface area contributed by atoms with Crippen LogP contribution in [0.1, 0.15) is 34.4 Å². The number of aromatic nitrogens is 1. The van der Waals surface area contributed by atoms with Crippen molar-refractivity contribution in [1.29, 1.82) is 0 Å². The molecule has 0 saturated carbocycles. The summed E-state index contributed by atoms with van der Waals surface area (Å²) in [5, 5.41) is 24.0. The first-order valence-electron chi connectivity index (χ1n) is 11.5. The molecular weight excluding hydrogens is 444 g/mol. The van der Waals surface area contributed by atoms with Gasteiger partial charge in [-0.2, -0.15) is 0 Å². The van der Waals surface area contributed by atoms with E-state index < -0.39 is 18.3 Å². The topological polar surface area (TPSA) is 112 Å². The SMILES string of the molecule is Cc1cc(=O)c2cc(C(O)C(O)CNC(=O)OCC3c4ccccc4-c4ccccc43)ccc2[nH]1. The summed E-state index contributed by atoms with van der Waals surface area (Å²) < 4.78 is 5.47. The van der Waals surface area contributed by atoms with Gasteiger partial charge in [0.2, 0.25) is 0 Å². The molecule has 2 atom stereocenters. The molecule has 0 fully saturated rings. The molecule has 178 valence electrons. The van der Waals surface area contributed by atoms with Gasteiger partial charge in [-0.15, -0.1) is 0 Å². The predicted octanol–water partition coefficient (Wildman–Crippen LogP) is 3.77. The molecule has 0 radical (unpaired) electrons. The Kier molecular flexibility index (Phi) is 6.11. The maximum atomic E-state index is 12.4. The van der Waals surface area contributed by atoms with Gasteiger partial charge < -0.3 is 25.3 Å². The van der Waals surface area contributed by atoms with E-state index in [0.29, 0.717) is 16.5 Å². The minimum Gasteiger partial charge on any atom is -0.449 e. The fourth-order valence-electron chi connectivity index (χ4n) is 4.75. The Bertz CT molecular complexity index is 1420. The highest BCUT2D eigenvalue weighted by molar-refractivity contribution is 5.80. The van der Waals surface area contributed by atoms with E-state index in [9.17, 15) is 19.8 Å². The molecule has 3 aromatic carbocycles. The number of nitrogens with one attached hydrogen (secondary N) is 2. The second kappa shape index (κ2) is 9.37. The van der Waals surface area contributed by atoms with E-state index in [2.05, 4.69) is 22.4 Å². The fraction of sp³-hybridized carbons (Fsp3) is 0.214. The van der Waals surface area contributed by atoms with Crippen molar-refractivity contribution in [3.63, 3.8) is 0 Å². The summed E-state index contributed by atoms with van der Waals surface area (Å²) in [5.74, 6) is -0.0667. The minimum atomic E-state index is -1.28. The summed E-state index contributed by atoms with van der Waals surface area (Å²) in [6.07, 6.45) is -3.24. The third-order valence-electron chi connectivity index (χ3n) is 6.49. The summed E-state index contributed by atoms with van der Waals surface area (Å²) >= 11 is 0. The number of hydrogen-bond acceptors (Lipinski definition) is 5. The largest absolute Gasteiger partial charge is 0.449 e. The van der Waals surface area contributed by atoms with Gasteiger partial charge in [0.15, 0.2) is 5.43 Å². The molecule has 35 heavy (non-hydrogen) atoms. The maximum absolute atomic E-state index is 12.4. The van der Waals surface area contributed by atoms with E-state index in [1.807, 2.05) is 36.4 Å². The maximum Gasteiger partial charge on any atom is 0.407 e. The molecule has 1 aliphatic carbocycles. The molecule has 1 amide bonds. The van der Waals surface area contributed by atoms with Crippen LogP contribution in [0, 0.1) is 6.92 Å². The number of aliphatic hydroxyl groups excluding tert-OH is 2. The number of aromatic amines is 1. The lowest BCUT2D eigenvalue weighted by molar-refractivity contribution is 0.0186.